The molecule has 0 bridgehead atoms. The summed E-state index contributed by atoms with van der Waals surface area (Å²) < 4.78 is 2.03. The number of nitrogens with one attached hydrogen (secondary N) is 1. The number of nitrogens with zero attached hydrogens (tertiary/aromatic N) is 2. The van der Waals surface area contributed by atoms with Gasteiger partial charge >= 0.3 is 0 Å². The molecule has 0 aliphatic heterocycles. The average Bonchev–Trinajstić information content (AvgIpc) is 2.69. The number of hydrogen-bond donors (Lipinski definition) is 1. The van der Waals surface area contributed by atoms with E-state index in [4.69, 9.17) is 11.6 Å². The molecular weight excluding hydrogens is 222 g/mol. The minimum atomic E-state index is 0.433. The summed E-state index contributed by atoms with van der Waals surface area (Å²) in [5.74, 6) is 0.694. The summed E-state index contributed by atoms with van der Waals surface area (Å²) in [5.41, 5.74) is 2.05. The first kappa shape index (κ1) is 11.4. The van der Waals surface area contributed by atoms with Crippen molar-refractivity contribution in [3.05, 3.63) is 36.3 Å². The summed E-state index contributed by atoms with van der Waals surface area (Å²) in [6.45, 7) is 2.93. The van der Waals surface area contributed by atoms with Gasteiger partial charge in [-0.15, -0.1) is 11.6 Å². The summed E-state index contributed by atoms with van der Waals surface area (Å²) in [7, 11) is 0. The molecule has 0 amide bonds. The SMILES string of the molecule is CC(CCCl)NCc1cn2ccccc2n1. The predicted molar refractivity (Wildman–Crippen MR) is 66.8 cm³/mol. The van der Waals surface area contributed by atoms with Gasteiger partial charge < -0.3 is 9.72 Å². The van der Waals surface area contributed by atoms with Gasteiger partial charge in [0.1, 0.15) is 5.65 Å². The molecule has 0 saturated heterocycles. The van der Waals surface area contributed by atoms with Crippen LogP contribution in [0.3, 0.4) is 0 Å². The van der Waals surface area contributed by atoms with Gasteiger partial charge in [0.25, 0.3) is 0 Å². The van der Waals surface area contributed by atoms with Crippen molar-refractivity contribution in [1.82, 2.24) is 14.7 Å². The Hall–Kier alpha value is -1.06. The summed E-state index contributed by atoms with van der Waals surface area (Å²) in [5, 5.41) is 3.40. The Balaban J connectivity index is 1.99. The van der Waals surface area contributed by atoms with Gasteiger partial charge in [0.2, 0.25) is 0 Å². The molecule has 1 unspecified atom stereocenters. The minimum Gasteiger partial charge on any atom is -0.309 e. The number of rotatable bonds is 5. The lowest BCUT2D eigenvalue weighted by Crippen LogP contribution is -2.25. The standard InChI is InChI=1S/C12H16ClN3/c1-10(5-6-13)14-8-11-9-16-7-3-2-4-12(16)15-11/h2-4,7,9-10,14H,5-6,8H2,1H3. The monoisotopic (exact) mass is 237 g/mol. The summed E-state index contributed by atoms with van der Waals surface area (Å²) >= 11 is 5.68. The highest BCUT2D eigenvalue weighted by molar-refractivity contribution is 6.17. The predicted octanol–water partition coefficient (Wildman–Crippen LogP) is 2.44. The molecule has 0 aromatic carbocycles. The molecule has 4 heteroatoms. The smallest absolute Gasteiger partial charge is 0.137 e. The van der Waals surface area contributed by atoms with Crippen LogP contribution in [-0.2, 0) is 6.54 Å². The van der Waals surface area contributed by atoms with Gasteiger partial charge in [-0.1, -0.05) is 6.07 Å². The first-order valence-corrected chi connectivity index (χ1v) is 6.05. The van der Waals surface area contributed by atoms with E-state index >= 15 is 0 Å². The molecule has 0 aliphatic rings. The number of halogens is 1. The van der Waals surface area contributed by atoms with Gasteiger partial charge in [-0.05, 0) is 25.5 Å². The van der Waals surface area contributed by atoms with E-state index in [1.807, 2.05) is 28.8 Å². The van der Waals surface area contributed by atoms with Gasteiger partial charge in [0, 0.05) is 30.9 Å². The number of fused-ring (bicyclic) bond motifs is 1. The summed E-state index contributed by atoms with van der Waals surface area (Å²) in [4.78, 5) is 4.51. The zero-order chi connectivity index (χ0) is 11.4. The second-order valence-corrected chi connectivity index (χ2v) is 4.34. The molecule has 0 radical (unpaired) electrons. The Morgan fingerprint density at radius 1 is 1.50 bits per heavy atom. The molecule has 0 spiro atoms. The van der Waals surface area contributed by atoms with E-state index in [0.29, 0.717) is 11.9 Å². The first-order chi connectivity index (χ1) is 7.79. The molecule has 2 aromatic rings. The second-order valence-electron chi connectivity index (χ2n) is 3.96. The largest absolute Gasteiger partial charge is 0.309 e. The normalized spacial score (nSPS) is 13.1. The van der Waals surface area contributed by atoms with Crippen molar-refractivity contribution in [1.29, 1.82) is 0 Å². The molecule has 16 heavy (non-hydrogen) atoms. The van der Waals surface area contributed by atoms with E-state index in [1.165, 1.54) is 0 Å². The van der Waals surface area contributed by atoms with E-state index in [0.717, 1.165) is 24.3 Å². The van der Waals surface area contributed by atoms with Crippen molar-refractivity contribution in [3.8, 4) is 0 Å². The lowest BCUT2D eigenvalue weighted by atomic mass is 10.2. The third-order valence-electron chi connectivity index (χ3n) is 2.59. The zero-order valence-corrected chi connectivity index (χ0v) is 10.1. The van der Waals surface area contributed by atoms with E-state index in [9.17, 15) is 0 Å². The van der Waals surface area contributed by atoms with E-state index in [2.05, 4.69) is 23.4 Å². The van der Waals surface area contributed by atoms with Crippen molar-refractivity contribution < 1.29 is 0 Å². The molecule has 3 nitrogen and oxygen atoms in total. The number of alkyl halides is 1. The summed E-state index contributed by atoms with van der Waals surface area (Å²) in [6.07, 6.45) is 5.04. The van der Waals surface area contributed by atoms with Crippen LogP contribution in [0.15, 0.2) is 30.6 Å². The van der Waals surface area contributed by atoms with E-state index in [-0.39, 0.29) is 0 Å². The van der Waals surface area contributed by atoms with Crippen LogP contribution in [0.4, 0.5) is 0 Å². The number of aromatic nitrogens is 2. The minimum absolute atomic E-state index is 0.433. The Morgan fingerprint density at radius 3 is 3.12 bits per heavy atom. The van der Waals surface area contributed by atoms with Crippen LogP contribution in [0.2, 0.25) is 0 Å². The quantitative estimate of drug-likeness (QED) is 0.810. The van der Waals surface area contributed by atoms with Crippen molar-refractivity contribution in [3.63, 3.8) is 0 Å². The van der Waals surface area contributed by atoms with Crippen LogP contribution in [0.25, 0.3) is 5.65 Å². The fraction of sp³-hybridized carbons (Fsp3) is 0.417. The number of pyridine rings is 1. The maximum atomic E-state index is 5.68. The fourth-order valence-electron chi connectivity index (χ4n) is 1.62. The maximum Gasteiger partial charge on any atom is 0.137 e. The van der Waals surface area contributed by atoms with Crippen LogP contribution < -0.4 is 5.32 Å². The number of imidazole rings is 1. The molecule has 86 valence electrons. The molecule has 0 saturated carbocycles. The Kier molecular flexibility index (Phi) is 3.80. The van der Waals surface area contributed by atoms with Gasteiger partial charge in [-0.2, -0.15) is 0 Å². The topological polar surface area (TPSA) is 29.3 Å². The second kappa shape index (κ2) is 5.32. The Bertz CT molecular complexity index is 419. The fourth-order valence-corrected chi connectivity index (χ4v) is 1.94. The van der Waals surface area contributed by atoms with Crippen molar-refractivity contribution in [2.75, 3.05) is 5.88 Å². The van der Waals surface area contributed by atoms with Gasteiger partial charge in [0.05, 0.1) is 5.69 Å². The van der Waals surface area contributed by atoms with Crippen molar-refractivity contribution in [2.45, 2.75) is 25.9 Å². The van der Waals surface area contributed by atoms with E-state index in [1.54, 1.807) is 0 Å². The zero-order valence-electron chi connectivity index (χ0n) is 9.36. The molecule has 0 fully saturated rings. The molecule has 1 atom stereocenters. The van der Waals surface area contributed by atoms with Crippen LogP contribution in [0.1, 0.15) is 19.0 Å². The molecule has 2 heterocycles. The van der Waals surface area contributed by atoms with Crippen LogP contribution in [0.5, 0.6) is 0 Å². The third kappa shape index (κ3) is 2.74. The van der Waals surface area contributed by atoms with Crippen LogP contribution in [0, 0.1) is 0 Å². The highest BCUT2D eigenvalue weighted by atomic mass is 35.5. The van der Waals surface area contributed by atoms with Gasteiger partial charge in [-0.3, -0.25) is 0 Å². The van der Waals surface area contributed by atoms with Gasteiger partial charge in [0.15, 0.2) is 0 Å². The van der Waals surface area contributed by atoms with Crippen LogP contribution >= 0.6 is 11.6 Å². The lowest BCUT2D eigenvalue weighted by molar-refractivity contribution is 0.532. The highest BCUT2D eigenvalue weighted by Crippen LogP contribution is 2.04. The summed E-state index contributed by atoms with van der Waals surface area (Å²) in [6, 6.07) is 6.44. The molecule has 2 aromatic heterocycles. The Labute approximate surface area is 100 Å². The van der Waals surface area contributed by atoms with Crippen LogP contribution in [-0.4, -0.2) is 21.3 Å². The highest BCUT2D eigenvalue weighted by Gasteiger charge is 2.03. The Morgan fingerprint density at radius 2 is 2.38 bits per heavy atom. The molecule has 0 aliphatic carbocycles. The maximum absolute atomic E-state index is 5.68. The third-order valence-corrected chi connectivity index (χ3v) is 2.81. The lowest BCUT2D eigenvalue weighted by Gasteiger charge is -2.10. The number of hydrogen-bond acceptors (Lipinski definition) is 2. The first-order valence-electron chi connectivity index (χ1n) is 5.51. The van der Waals surface area contributed by atoms with Gasteiger partial charge in [-0.25, -0.2) is 4.98 Å². The molecule has 1 N–H and O–H groups in total. The molecule has 2 rings (SSSR count). The van der Waals surface area contributed by atoms with E-state index < -0.39 is 0 Å². The van der Waals surface area contributed by atoms with Crippen molar-refractivity contribution >= 4 is 17.2 Å². The van der Waals surface area contributed by atoms with Crippen molar-refractivity contribution in [2.24, 2.45) is 0 Å². The molecular formula is C12H16ClN3. The average molecular weight is 238 g/mol.